The third kappa shape index (κ3) is 27.3. The second-order valence-electron chi connectivity index (χ2n) is 50.6. The minimum Gasteiger partial charge on any atom is -0.465 e. The average molecular weight is 1900 g/mol. The first-order chi connectivity index (χ1) is 62.7. The van der Waals surface area contributed by atoms with E-state index in [1.54, 1.807) is 0 Å². The van der Waals surface area contributed by atoms with Gasteiger partial charge in [0.05, 0.1) is 62.5 Å². The minimum absolute atomic E-state index is 0.0197. The summed E-state index contributed by atoms with van der Waals surface area (Å²) in [6.45, 7) is 57.7. The van der Waals surface area contributed by atoms with Crippen LogP contribution in [0.4, 0.5) is 0 Å². The van der Waals surface area contributed by atoms with Gasteiger partial charge in [-0.3, -0.25) is 47.9 Å². The van der Waals surface area contributed by atoms with Crippen LogP contribution in [-0.2, 0) is 110 Å². The minimum atomic E-state index is -0.560. The Morgan fingerprint density at radius 1 is 0.378 bits per heavy atom. The SMILES string of the molecule is CCC(C)(C)C(=O)OC(C)(C)C1CCC(C)CC1.CCC(C)(C)C(=O)OC1C2CC3C(=O)OC1C3C2.CCC(C)(C)C(=O)OC1C2CC3C(=O)OC1C3O2.CCC(C)(C)C(=O)OC1CCCCC1.CCC(C)(C)C(=O)OCC(=O)OC(C)(C)C12CC3CC(CC(C3)C1)C2.CCC(C)(C)C(=O)OCCCC(=O)OC(C)(C)C12CC3CC(CC(C3)C1)C2.CCC1(OC(=O)C(C)(C)CC)CCCC1. The van der Waals surface area contributed by atoms with Crippen LogP contribution in [0.15, 0.2) is 0 Å². The van der Waals surface area contributed by atoms with Crippen molar-refractivity contribution in [3.8, 4) is 0 Å². The molecule has 4 saturated heterocycles. The summed E-state index contributed by atoms with van der Waals surface area (Å²) in [5.41, 5.74) is -4.04. The molecule has 0 amide bonds. The number of hydrogen-bond donors (Lipinski definition) is 0. The Hall–Kier alpha value is -5.87. The Morgan fingerprint density at radius 2 is 0.770 bits per heavy atom. The second kappa shape index (κ2) is 45.2. The van der Waals surface area contributed by atoms with Gasteiger partial charge in [-0.2, -0.15) is 0 Å². The van der Waals surface area contributed by atoms with E-state index >= 15 is 0 Å². The molecule has 4 heterocycles. The highest BCUT2D eigenvalue weighted by molar-refractivity contribution is 5.82. The molecule has 13 saturated carbocycles. The topological polar surface area (TPSA) is 299 Å². The summed E-state index contributed by atoms with van der Waals surface area (Å²) in [5.74, 6) is 5.00. The quantitative estimate of drug-likeness (QED) is 0.0354. The van der Waals surface area contributed by atoms with Gasteiger partial charge >= 0.3 is 65.7 Å². The summed E-state index contributed by atoms with van der Waals surface area (Å²) in [6, 6.07) is 0. The van der Waals surface area contributed by atoms with Crippen molar-refractivity contribution in [2.75, 3.05) is 13.2 Å². The van der Waals surface area contributed by atoms with Crippen molar-refractivity contribution in [3.63, 3.8) is 0 Å². The van der Waals surface area contributed by atoms with Gasteiger partial charge in [0.2, 0.25) is 0 Å². The molecule has 17 aliphatic rings. The van der Waals surface area contributed by atoms with E-state index in [1.165, 1.54) is 135 Å². The summed E-state index contributed by atoms with van der Waals surface area (Å²) >= 11 is 0. The fraction of sp³-hybridized carbons (Fsp3) is 0.902. The summed E-state index contributed by atoms with van der Waals surface area (Å²) in [5, 5.41) is 0. The molecule has 23 nitrogen and oxygen atoms in total. The monoisotopic (exact) mass is 1900 g/mol. The summed E-state index contributed by atoms with van der Waals surface area (Å²) in [6.07, 6.45) is 39.0. The lowest BCUT2D eigenvalue weighted by Gasteiger charge is -2.61. The number of carbonyl (C=O) groups excluding carboxylic acids is 11. The lowest BCUT2D eigenvalue weighted by atomic mass is 9.46. The predicted octanol–water partition coefficient (Wildman–Crippen LogP) is 24.3. The maximum Gasteiger partial charge on any atom is 0.344 e. The number of hydrogen-bond acceptors (Lipinski definition) is 23. The number of fused-ring (bicyclic) bond motifs is 2. The van der Waals surface area contributed by atoms with Gasteiger partial charge in [0.25, 0.3) is 0 Å². The van der Waals surface area contributed by atoms with Crippen molar-refractivity contribution >= 4 is 65.7 Å². The fourth-order valence-corrected chi connectivity index (χ4v) is 24.3. The molecule has 10 atom stereocenters. The lowest BCUT2D eigenvalue weighted by Crippen LogP contribution is -2.57. The molecule has 13 aliphatic carbocycles. The standard InChI is InChI=1S/C23H38O4.C21H34O4.C16H30O2.C14H20O4.C13H18O5.C13H24O2.C12H22O2/c1-6-21(2,3)20(25)26-9-7-8-19(24)27-22(4,5)23-13-16-10-17(14-23)12-18(11-16)15-23;1-6-19(2,3)18(23)24-13-17(22)25-20(4,5)21-10-14-7-15(11-21)9-16(8-14)12-21;1-7-15(3,4)14(17)18-16(5,6)13-10-8-12(2)9-11-13;1-4-14(2,3)13(16)18-10-7-5-8-9(6-7)12(15)17-11(8)10;1-4-13(2,3)12(15)18-9-7-5-6-8(16-7)10(9)17-11(6)14;1-5-12(3,4)11(14)15-13(6-2)9-7-8-10-13;1-4-12(2,3)11(13)14-10-8-6-5-7-9-10/h16-18H,6-15H2,1-5H3;14-16H,6-13H2,1-5H3;12-13H,7-11H2,1-6H3;7-11H,4-6H2,1-3H3;6-10H,4-5H2,1-3H3;5-10H2,1-4H3;10H,4-9H2,1-3H3. The maximum atomic E-state index is 12.5. The first kappa shape index (κ1) is 113. The molecule has 23 heteroatoms. The molecule has 17 fully saturated rings. The zero-order chi connectivity index (χ0) is 101. The highest BCUT2D eigenvalue weighted by Gasteiger charge is 2.67. The van der Waals surface area contributed by atoms with E-state index in [4.69, 9.17) is 56.8 Å². The fourth-order valence-electron chi connectivity index (χ4n) is 24.3. The van der Waals surface area contributed by atoms with Crippen molar-refractivity contribution in [3.05, 3.63) is 0 Å². The molecule has 0 aromatic carbocycles. The molecule has 17 rings (SSSR count). The van der Waals surface area contributed by atoms with Crippen LogP contribution in [0.2, 0.25) is 0 Å². The van der Waals surface area contributed by atoms with Crippen LogP contribution in [0, 0.1) is 120 Å². The van der Waals surface area contributed by atoms with Crippen LogP contribution in [0.25, 0.3) is 0 Å². The van der Waals surface area contributed by atoms with Crippen molar-refractivity contribution in [1.29, 1.82) is 0 Å². The van der Waals surface area contributed by atoms with Gasteiger partial charge in [0, 0.05) is 29.1 Å². The molecule has 0 aromatic rings. The average Bonchev–Trinajstić information content (AvgIpc) is 1.68. The Balaban J connectivity index is 0.000000179. The van der Waals surface area contributed by atoms with Gasteiger partial charge in [-0.25, -0.2) is 4.79 Å². The number of rotatable bonds is 31. The van der Waals surface area contributed by atoms with Crippen molar-refractivity contribution in [2.24, 2.45) is 120 Å². The molecule has 10 unspecified atom stereocenters. The van der Waals surface area contributed by atoms with Gasteiger partial charge in [-0.15, -0.1) is 0 Å². The van der Waals surface area contributed by atoms with E-state index < -0.39 is 51.0 Å². The summed E-state index contributed by atoms with van der Waals surface area (Å²) in [7, 11) is 0. The molecular weight excluding hydrogens is 1710 g/mol. The highest BCUT2D eigenvalue weighted by Crippen LogP contribution is 2.66. The zero-order valence-corrected chi connectivity index (χ0v) is 89.6. The molecule has 135 heavy (non-hydrogen) atoms. The third-order valence-corrected chi connectivity index (χ3v) is 36.8. The van der Waals surface area contributed by atoms with Crippen LogP contribution in [-0.4, -0.2) is 144 Å². The van der Waals surface area contributed by atoms with Gasteiger partial charge in [-0.1, -0.05) is 81.6 Å². The first-order valence-corrected chi connectivity index (χ1v) is 53.7. The number of carbonyl (C=O) groups is 11. The maximum absolute atomic E-state index is 12.5. The summed E-state index contributed by atoms with van der Waals surface area (Å²) in [4.78, 5) is 132. The molecule has 0 radical (unpaired) electrons. The van der Waals surface area contributed by atoms with E-state index in [2.05, 4.69) is 55.4 Å². The van der Waals surface area contributed by atoms with Crippen molar-refractivity contribution in [1.82, 2.24) is 0 Å². The highest BCUT2D eigenvalue weighted by atomic mass is 16.7. The van der Waals surface area contributed by atoms with Crippen LogP contribution in [0.5, 0.6) is 0 Å². The van der Waals surface area contributed by atoms with Crippen LogP contribution in [0.1, 0.15) is 445 Å². The largest absolute Gasteiger partial charge is 0.465 e. The van der Waals surface area contributed by atoms with E-state index in [0.717, 1.165) is 118 Å². The first-order valence-electron chi connectivity index (χ1n) is 53.7. The van der Waals surface area contributed by atoms with E-state index in [-0.39, 0.29) is 154 Å². The Bertz CT molecular complexity index is 3870. The van der Waals surface area contributed by atoms with E-state index in [1.807, 2.05) is 145 Å². The zero-order valence-electron chi connectivity index (χ0n) is 89.6. The number of ether oxygens (including phenoxy) is 12. The molecule has 0 aromatic heterocycles. The summed E-state index contributed by atoms with van der Waals surface area (Å²) < 4.78 is 67.1. The Labute approximate surface area is 813 Å². The van der Waals surface area contributed by atoms with Gasteiger partial charge in [0.1, 0.15) is 46.8 Å². The van der Waals surface area contributed by atoms with Crippen molar-refractivity contribution in [2.45, 2.75) is 510 Å². The molecule has 4 aliphatic heterocycles. The van der Waals surface area contributed by atoms with E-state index in [9.17, 15) is 52.7 Å². The van der Waals surface area contributed by atoms with E-state index in [0.29, 0.717) is 49.9 Å². The van der Waals surface area contributed by atoms with Gasteiger partial charge in [0.15, 0.2) is 18.8 Å². The predicted molar refractivity (Wildman–Crippen MR) is 519 cm³/mol. The smallest absolute Gasteiger partial charge is 0.344 e. The lowest BCUT2D eigenvalue weighted by molar-refractivity contribution is -0.203. The molecule has 12 bridgehead atoms. The number of esters is 11. The van der Waals surface area contributed by atoms with Crippen molar-refractivity contribution < 1.29 is 110 Å². The Morgan fingerprint density at radius 3 is 1.21 bits per heavy atom. The normalized spacial score (nSPS) is 31.4. The molecule has 0 spiro atoms. The van der Waals surface area contributed by atoms with Gasteiger partial charge in [-0.05, 0) is 404 Å². The molecule has 0 N–H and O–H groups in total. The molecular formula is C112H186O23. The third-order valence-electron chi connectivity index (χ3n) is 36.8. The van der Waals surface area contributed by atoms with Crippen LogP contribution >= 0.6 is 0 Å². The Kier molecular flexibility index (Phi) is 37.7. The van der Waals surface area contributed by atoms with Crippen LogP contribution in [0.3, 0.4) is 0 Å². The second-order valence-corrected chi connectivity index (χ2v) is 50.6. The molecule has 772 valence electrons. The van der Waals surface area contributed by atoms with Gasteiger partial charge < -0.3 is 56.8 Å². The van der Waals surface area contributed by atoms with Crippen LogP contribution < -0.4 is 0 Å².